The number of nitrogens with two attached hydrogens (primary N) is 1. The summed E-state index contributed by atoms with van der Waals surface area (Å²) in [6.45, 7) is 0. The lowest BCUT2D eigenvalue weighted by atomic mass is 10.1. The maximum Gasteiger partial charge on any atom is 0.224 e. The third-order valence-electron chi connectivity index (χ3n) is 3.97. The van der Waals surface area contributed by atoms with Crippen molar-refractivity contribution in [1.82, 2.24) is 0 Å². The van der Waals surface area contributed by atoms with E-state index in [9.17, 15) is 9.90 Å². The fraction of sp³-hybridized carbons (Fsp3) is 0.350. The van der Waals surface area contributed by atoms with Gasteiger partial charge in [0, 0.05) is 12.1 Å². The van der Waals surface area contributed by atoms with Gasteiger partial charge < -0.3 is 21.5 Å². The lowest BCUT2D eigenvalue weighted by Crippen LogP contribution is -2.18. The lowest BCUT2D eigenvalue weighted by Gasteiger charge is -2.13. The minimum atomic E-state index is -0.535. The molecule has 0 aliphatic heterocycles. The van der Waals surface area contributed by atoms with Crippen LogP contribution in [-0.2, 0) is 4.79 Å². The quantitative estimate of drug-likeness (QED) is 0.299. The van der Waals surface area contributed by atoms with Crippen LogP contribution in [0, 0.1) is 0 Å². The van der Waals surface area contributed by atoms with Gasteiger partial charge in [-0.1, -0.05) is 43.2 Å². The van der Waals surface area contributed by atoms with Gasteiger partial charge in [-0.05, 0) is 43.5 Å². The van der Waals surface area contributed by atoms with Crippen molar-refractivity contribution in [2.45, 2.75) is 44.8 Å². The number of hydrogen-bond acceptors (Lipinski definition) is 4. The Labute approximate surface area is 149 Å². The molecule has 1 amide bonds. The van der Waals surface area contributed by atoms with Crippen LogP contribution in [0.5, 0.6) is 0 Å². The first kappa shape index (κ1) is 18.8. The third-order valence-corrected chi connectivity index (χ3v) is 3.97. The highest BCUT2D eigenvalue weighted by Gasteiger charge is 2.06. The summed E-state index contributed by atoms with van der Waals surface area (Å²) in [5.74, 6) is -0.0105. The summed E-state index contributed by atoms with van der Waals surface area (Å²) in [6.07, 6.45) is 4.37. The fourth-order valence-electron chi connectivity index (χ4n) is 2.60. The molecule has 0 aliphatic carbocycles. The van der Waals surface area contributed by atoms with Crippen LogP contribution in [0.25, 0.3) is 0 Å². The highest BCUT2D eigenvalue weighted by atomic mass is 16.3. The van der Waals surface area contributed by atoms with Gasteiger partial charge >= 0.3 is 0 Å². The van der Waals surface area contributed by atoms with Crippen LogP contribution in [0.4, 0.5) is 17.1 Å². The van der Waals surface area contributed by atoms with E-state index in [2.05, 4.69) is 10.6 Å². The molecule has 25 heavy (non-hydrogen) atoms. The number of nitrogens with one attached hydrogen (secondary N) is 2. The van der Waals surface area contributed by atoms with Gasteiger partial charge in [0.2, 0.25) is 5.91 Å². The van der Waals surface area contributed by atoms with Crippen LogP contribution in [0.15, 0.2) is 54.6 Å². The summed E-state index contributed by atoms with van der Waals surface area (Å²) in [7, 11) is 0. The molecule has 2 aromatic carbocycles. The molecule has 2 rings (SSSR count). The van der Waals surface area contributed by atoms with Gasteiger partial charge in [0.1, 0.15) is 6.23 Å². The molecule has 5 heteroatoms. The van der Waals surface area contributed by atoms with E-state index in [0.29, 0.717) is 24.2 Å². The van der Waals surface area contributed by atoms with E-state index < -0.39 is 6.23 Å². The number of nitrogen functional groups attached to an aromatic ring is 1. The van der Waals surface area contributed by atoms with Crippen molar-refractivity contribution in [3.05, 3.63) is 54.6 Å². The number of para-hydroxylation sites is 3. The Hall–Kier alpha value is -2.53. The number of unbranched alkanes of at least 4 members (excludes halogenated alkanes) is 3. The number of aliphatic hydroxyl groups excluding tert-OH is 1. The molecule has 1 atom stereocenters. The van der Waals surface area contributed by atoms with Crippen LogP contribution in [0.1, 0.15) is 38.5 Å². The molecule has 1 unspecified atom stereocenters. The Morgan fingerprint density at radius 2 is 1.64 bits per heavy atom. The van der Waals surface area contributed by atoms with Gasteiger partial charge in [-0.25, -0.2) is 0 Å². The normalized spacial score (nSPS) is 11.7. The molecule has 0 fully saturated rings. The SMILES string of the molecule is Nc1ccccc1NC(=O)CCCCCCC(O)Nc1ccccc1. The van der Waals surface area contributed by atoms with E-state index in [1.807, 2.05) is 42.5 Å². The smallest absolute Gasteiger partial charge is 0.224 e. The zero-order valence-corrected chi connectivity index (χ0v) is 14.4. The van der Waals surface area contributed by atoms with Crippen molar-refractivity contribution in [2.24, 2.45) is 0 Å². The first-order chi connectivity index (χ1) is 12.1. The minimum Gasteiger partial charge on any atom is -0.397 e. The molecule has 134 valence electrons. The van der Waals surface area contributed by atoms with Gasteiger partial charge in [-0.3, -0.25) is 4.79 Å². The summed E-state index contributed by atoms with van der Waals surface area (Å²) < 4.78 is 0. The third kappa shape index (κ3) is 7.27. The summed E-state index contributed by atoms with van der Waals surface area (Å²) in [5.41, 5.74) is 7.97. The van der Waals surface area contributed by atoms with E-state index >= 15 is 0 Å². The van der Waals surface area contributed by atoms with Crippen LogP contribution in [0.3, 0.4) is 0 Å². The van der Waals surface area contributed by atoms with Crippen molar-refractivity contribution in [1.29, 1.82) is 0 Å². The maximum absolute atomic E-state index is 11.9. The molecule has 2 aromatic rings. The predicted octanol–water partition coefficient (Wildman–Crippen LogP) is 3.98. The van der Waals surface area contributed by atoms with E-state index in [1.54, 1.807) is 12.1 Å². The zero-order valence-electron chi connectivity index (χ0n) is 14.4. The van der Waals surface area contributed by atoms with Gasteiger partial charge in [0.25, 0.3) is 0 Å². The molecule has 5 N–H and O–H groups in total. The summed E-state index contributed by atoms with van der Waals surface area (Å²) >= 11 is 0. The number of benzene rings is 2. The molecule has 0 bridgehead atoms. The van der Waals surface area contributed by atoms with Crippen LogP contribution < -0.4 is 16.4 Å². The molecule has 0 heterocycles. The molecule has 0 saturated heterocycles. The van der Waals surface area contributed by atoms with Crippen molar-refractivity contribution in [3.8, 4) is 0 Å². The topological polar surface area (TPSA) is 87.4 Å². The molecule has 0 radical (unpaired) electrons. The average Bonchev–Trinajstić information content (AvgIpc) is 2.61. The second-order valence-electron chi connectivity index (χ2n) is 6.11. The Morgan fingerprint density at radius 3 is 2.40 bits per heavy atom. The number of amides is 1. The maximum atomic E-state index is 11.9. The minimum absolute atomic E-state index is 0.0105. The molecular formula is C20H27N3O2. The number of aliphatic hydroxyl groups is 1. The summed E-state index contributed by atoms with van der Waals surface area (Å²) in [6, 6.07) is 16.9. The Morgan fingerprint density at radius 1 is 0.960 bits per heavy atom. The Balaban J connectivity index is 1.53. The first-order valence-corrected chi connectivity index (χ1v) is 8.79. The molecule has 0 aromatic heterocycles. The number of rotatable bonds is 10. The average molecular weight is 341 g/mol. The van der Waals surface area contributed by atoms with Crippen LogP contribution >= 0.6 is 0 Å². The summed E-state index contributed by atoms with van der Waals surface area (Å²) in [5, 5.41) is 15.8. The van der Waals surface area contributed by atoms with Crippen molar-refractivity contribution >= 4 is 23.0 Å². The van der Waals surface area contributed by atoms with E-state index in [4.69, 9.17) is 5.73 Å². The highest BCUT2D eigenvalue weighted by molar-refractivity contribution is 5.93. The van der Waals surface area contributed by atoms with Crippen LogP contribution in [-0.4, -0.2) is 17.2 Å². The monoisotopic (exact) mass is 341 g/mol. The molecule has 0 saturated carbocycles. The largest absolute Gasteiger partial charge is 0.397 e. The van der Waals surface area contributed by atoms with Crippen LogP contribution in [0.2, 0.25) is 0 Å². The zero-order chi connectivity index (χ0) is 17.9. The van der Waals surface area contributed by atoms with Gasteiger partial charge in [-0.15, -0.1) is 0 Å². The van der Waals surface area contributed by atoms with Gasteiger partial charge in [0.15, 0.2) is 0 Å². The predicted molar refractivity (Wildman–Crippen MR) is 103 cm³/mol. The molecule has 0 aliphatic rings. The number of carbonyl (C=O) groups is 1. The van der Waals surface area contributed by atoms with Crippen molar-refractivity contribution < 1.29 is 9.90 Å². The molecule has 0 spiro atoms. The number of hydrogen-bond donors (Lipinski definition) is 4. The van der Waals surface area contributed by atoms with E-state index in [-0.39, 0.29) is 5.91 Å². The van der Waals surface area contributed by atoms with E-state index in [1.165, 1.54) is 0 Å². The number of anilines is 3. The lowest BCUT2D eigenvalue weighted by molar-refractivity contribution is -0.116. The van der Waals surface area contributed by atoms with Gasteiger partial charge in [-0.2, -0.15) is 0 Å². The Kier molecular flexibility index (Phi) is 7.79. The van der Waals surface area contributed by atoms with Crippen molar-refractivity contribution in [2.75, 3.05) is 16.4 Å². The Bertz CT molecular complexity index is 646. The fourth-order valence-corrected chi connectivity index (χ4v) is 2.60. The second kappa shape index (κ2) is 10.4. The van der Waals surface area contributed by atoms with Crippen molar-refractivity contribution in [3.63, 3.8) is 0 Å². The molecule has 5 nitrogen and oxygen atoms in total. The number of carbonyl (C=O) groups excluding carboxylic acids is 1. The van der Waals surface area contributed by atoms with E-state index in [0.717, 1.165) is 31.4 Å². The summed E-state index contributed by atoms with van der Waals surface area (Å²) in [4.78, 5) is 11.9. The first-order valence-electron chi connectivity index (χ1n) is 8.79. The standard InChI is InChI=1S/C20H27N3O2/c21-17-12-8-9-13-18(17)23-20(25)15-7-2-1-6-14-19(24)22-16-10-4-3-5-11-16/h3-5,8-13,19,22,24H,1-2,6-7,14-15,21H2,(H,23,25). The highest BCUT2D eigenvalue weighted by Crippen LogP contribution is 2.17. The second-order valence-corrected chi connectivity index (χ2v) is 6.11. The molecular weight excluding hydrogens is 314 g/mol. The van der Waals surface area contributed by atoms with Gasteiger partial charge in [0.05, 0.1) is 11.4 Å².